The molecule has 0 aliphatic heterocycles. The zero-order valence-corrected chi connectivity index (χ0v) is 14.2. The maximum Gasteiger partial charge on any atom is 0.251 e. The van der Waals surface area contributed by atoms with Gasteiger partial charge in [-0.1, -0.05) is 0 Å². The molecule has 2 amide bonds. The van der Waals surface area contributed by atoms with Crippen molar-refractivity contribution in [3.63, 3.8) is 0 Å². The Hall–Kier alpha value is -2.08. The molecular weight excluding hydrogens is 292 g/mol. The van der Waals surface area contributed by atoms with E-state index in [9.17, 15) is 9.59 Å². The molecule has 1 atom stereocenters. The average molecular weight is 320 g/mol. The number of rotatable bonds is 10. The minimum Gasteiger partial charge on any atom is -0.388 e. The van der Waals surface area contributed by atoms with Crippen LogP contribution < -0.4 is 21.3 Å². The number of hydrogen-bond donors (Lipinski definition) is 4. The van der Waals surface area contributed by atoms with E-state index >= 15 is 0 Å². The summed E-state index contributed by atoms with van der Waals surface area (Å²) in [5, 5.41) is 11.8. The van der Waals surface area contributed by atoms with Crippen molar-refractivity contribution in [1.82, 2.24) is 16.0 Å². The van der Waals surface area contributed by atoms with E-state index in [0.29, 0.717) is 24.9 Å². The SMILES string of the molecule is CNCCCNC(=O)CC[C@@H](C)NC(=O)c1ccc(NC)cc1. The van der Waals surface area contributed by atoms with Gasteiger partial charge in [0.1, 0.15) is 0 Å². The molecule has 0 saturated heterocycles. The molecule has 0 aliphatic rings. The number of benzene rings is 1. The Morgan fingerprint density at radius 1 is 1.09 bits per heavy atom. The summed E-state index contributed by atoms with van der Waals surface area (Å²) in [6.07, 6.45) is 1.95. The van der Waals surface area contributed by atoms with Gasteiger partial charge in [0.2, 0.25) is 5.91 Å². The lowest BCUT2D eigenvalue weighted by Gasteiger charge is -2.14. The molecule has 0 unspecified atom stereocenters. The van der Waals surface area contributed by atoms with E-state index in [2.05, 4.69) is 21.3 Å². The van der Waals surface area contributed by atoms with Gasteiger partial charge < -0.3 is 21.3 Å². The first-order valence-electron chi connectivity index (χ1n) is 8.06. The molecule has 0 aliphatic carbocycles. The van der Waals surface area contributed by atoms with Crippen molar-refractivity contribution in [1.29, 1.82) is 0 Å². The second-order valence-electron chi connectivity index (χ2n) is 5.55. The lowest BCUT2D eigenvalue weighted by molar-refractivity contribution is -0.121. The standard InChI is InChI=1S/C17H28N4O2/c1-13(5-10-16(22)20-12-4-11-18-2)21-17(23)14-6-8-15(19-3)9-7-14/h6-9,13,18-19H,4-5,10-12H2,1-3H3,(H,20,22)(H,21,23)/t13-/m1/s1. The topological polar surface area (TPSA) is 82.3 Å². The first kappa shape index (κ1) is 19.0. The molecule has 0 aromatic heterocycles. The van der Waals surface area contributed by atoms with Gasteiger partial charge >= 0.3 is 0 Å². The highest BCUT2D eigenvalue weighted by atomic mass is 16.2. The zero-order chi connectivity index (χ0) is 17.1. The number of carbonyl (C=O) groups is 2. The minimum atomic E-state index is -0.116. The smallest absolute Gasteiger partial charge is 0.251 e. The van der Waals surface area contributed by atoms with E-state index in [0.717, 1.165) is 18.7 Å². The molecule has 1 aromatic carbocycles. The Labute approximate surface area is 138 Å². The normalized spacial score (nSPS) is 11.6. The van der Waals surface area contributed by atoms with Crippen molar-refractivity contribution in [2.45, 2.75) is 32.2 Å². The monoisotopic (exact) mass is 320 g/mol. The second-order valence-corrected chi connectivity index (χ2v) is 5.55. The lowest BCUT2D eigenvalue weighted by atomic mass is 10.1. The van der Waals surface area contributed by atoms with Crippen LogP contribution in [0.25, 0.3) is 0 Å². The fourth-order valence-corrected chi connectivity index (χ4v) is 2.10. The van der Waals surface area contributed by atoms with Crippen molar-refractivity contribution < 1.29 is 9.59 Å². The van der Waals surface area contributed by atoms with Crippen LogP contribution in [-0.2, 0) is 4.79 Å². The van der Waals surface area contributed by atoms with Gasteiger partial charge in [-0.2, -0.15) is 0 Å². The van der Waals surface area contributed by atoms with Gasteiger partial charge in [-0.25, -0.2) is 0 Å². The van der Waals surface area contributed by atoms with Crippen LogP contribution in [0, 0.1) is 0 Å². The fourth-order valence-electron chi connectivity index (χ4n) is 2.10. The summed E-state index contributed by atoms with van der Waals surface area (Å²) in [7, 11) is 3.72. The Balaban J connectivity index is 2.28. The minimum absolute atomic E-state index is 0.0283. The molecular formula is C17H28N4O2. The predicted molar refractivity (Wildman–Crippen MR) is 93.7 cm³/mol. The molecule has 23 heavy (non-hydrogen) atoms. The van der Waals surface area contributed by atoms with E-state index in [4.69, 9.17) is 0 Å². The molecule has 1 rings (SSSR count). The molecule has 0 radical (unpaired) electrons. The van der Waals surface area contributed by atoms with E-state index in [1.165, 1.54) is 0 Å². The highest BCUT2D eigenvalue weighted by Gasteiger charge is 2.11. The summed E-state index contributed by atoms with van der Waals surface area (Å²) in [5.41, 5.74) is 1.58. The van der Waals surface area contributed by atoms with E-state index in [1.807, 2.05) is 33.2 Å². The fraction of sp³-hybridized carbons (Fsp3) is 0.529. The van der Waals surface area contributed by atoms with Crippen molar-refractivity contribution in [2.75, 3.05) is 32.5 Å². The highest BCUT2D eigenvalue weighted by molar-refractivity contribution is 5.94. The van der Waals surface area contributed by atoms with Crippen LogP contribution in [0.1, 0.15) is 36.5 Å². The first-order chi connectivity index (χ1) is 11.1. The summed E-state index contributed by atoms with van der Waals surface area (Å²) in [5.74, 6) is -0.0878. The molecule has 6 heteroatoms. The van der Waals surface area contributed by atoms with Crippen LogP contribution in [0.5, 0.6) is 0 Å². The summed E-state index contributed by atoms with van der Waals surface area (Å²) >= 11 is 0. The summed E-state index contributed by atoms with van der Waals surface area (Å²) in [6.45, 7) is 3.48. The molecule has 0 bridgehead atoms. The Bertz CT molecular complexity index is 488. The van der Waals surface area contributed by atoms with Gasteiger partial charge in [-0.05, 0) is 57.6 Å². The first-order valence-corrected chi connectivity index (χ1v) is 8.06. The van der Waals surface area contributed by atoms with Crippen LogP contribution in [-0.4, -0.2) is 45.0 Å². The Morgan fingerprint density at radius 2 is 1.78 bits per heavy atom. The Kier molecular flexibility index (Phi) is 8.75. The molecule has 0 saturated carbocycles. The van der Waals surface area contributed by atoms with Gasteiger partial charge in [0.05, 0.1) is 0 Å². The predicted octanol–water partition coefficient (Wildman–Crippen LogP) is 1.35. The third kappa shape index (κ3) is 7.65. The van der Waals surface area contributed by atoms with Gasteiger partial charge in [-0.3, -0.25) is 9.59 Å². The molecule has 4 N–H and O–H groups in total. The average Bonchev–Trinajstić information content (AvgIpc) is 2.57. The summed E-state index contributed by atoms with van der Waals surface area (Å²) in [6, 6.07) is 7.23. The van der Waals surface area contributed by atoms with Crippen molar-refractivity contribution in [3.8, 4) is 0 Å². The molecule has 6 nitrogen and oxygen atoms in total. The van der Waals surface area contributed by atoms with Crippen LogP contribution >= 0.6 is 0 Å². The molecule has 0 fully saturated rings. The van der Waals surface area contributed by atoms with Gasteiger partial charge in [0.25, 0.3) is 5.91 Å². The largest absolute Gasteiger partial charge is 0.388 e. The van der Waals surface area contributed by atoms with Crippen LogP contribution in [0.3, 0.4) is 0 Å². The summed E-state index contributed by atoms with van der Waals surface area (Å²) < 4.78 is 0. The lowest BCUT2D eigenvalue weighted by Crippen LogP contribution is -2.34. The van der Waals surface area contributed by atoms with Crippen molar-refractivity contribution in [2.24, 2.45) is 0 Å². The van der Waals surface area contributed by atoms with Crippen molar-refractivity contribution >= 4 is 17.5 Å². The van der Waals surface area contributed by atoms with E-state index in [1.54, 1.807) is 12.1 Å². The van der Waals surface area contributed by atoms with E-state index < -0.39 is 0 Å². The number of amides is 2. The van der Waals surface area contributed by atoms with E-state index in [-0.39, 0.29) is 17.9 Å². The molecule has 0 heterocycles. The van der Waals surface area contributed by atoms with Crippen LogP contribution in [0.4, 0.5) is 5.69 Å². The van der Waals surface area contributed by atoms with Crippen LogP contribution in [0.2, 0.25) is 0 Å². The van der Waals surface area contributed by atoms with Crippen molar-refractivity contribution in [3.05, 3.63) is 29.8 Å². The third-order valence-corrected chi connectivity index (χ3v) is 3.54. The number of carbonyl (C=O) groups excluding carboxylic acids is 2. The Morgan fingerprint density at radius 3 is 2.39 bits per heavy atom. The van der Waals surface area contributed by atoms with Gasteiger partial charge in [-0.15, -0.1) is 0 Å². The molecule has 128 valence electrons. The van der Waals surface area contributed by atoms with Crippen LogP contribution in [0.15, 0.2) is 24.3 Å². The third-order valence-electron chi connectivity index (χ3n) is 3.54. The maximum absolute atomic E-state index is 12.1. The second kappa shape index (κ2) is 10.6. The van der Waals surface area contributed by atoms with Gasteiger partial charge in [0, 0.05) is 37.3 Å². The number of nitrogens with one attached hydrogen (secondary N) is 4. The maximum atomic E-state index is 12.1. The van der Waals surface area contributed by atoms with Gasteiger partial charge in [0.15, 0.2) is 0 Å². The number of anilines is 1. The highest BCUT2D eigenvalue weighted by Crippen LogP contribution is 2.09. The molecule has 1 aromatic rings. The quantitative estimate of drug-likeness (QED) is 0.491. The zero-order valence-electron chi connectivity index (χ0n) is 14.2. The summed E-state index contributed by atoms with van der Waals surface area (Å²) in [4.78, 5) is 23.8. The molecule has 0 spiro atoms. The number of hydrogen-bond acceptors (Lipinski definition) is 4.